The second-order valence-corrected chi connectivity index (χ2v) is 2.82. The van der Waals surface area contributed by atoms with Gasteiger partial charge in [-0.3, -0.25) is 9.59 Å². The molecular weight excluding hydrogens is 180 g/mol. The molecule has 0 saturated heterocycles. The molecule has 1 atom stereocenters. The standard InChI is InChI=1S/C10H16N2O2/c1-4-6-9(13)12-8(3)10(14)11-7-5-2/h4-5,8H,1-2,6-7H2,3H3,(H,11,14)(H,12,13)/t8-/m0/s1. The summed E-state index contributed by atoms with van der Waals surface area (Å²) in [6.07, 6.45) is 3.29. The average Bonchev–Trinajstić information content (AvgIpc) is 2.14. The van der Waals surface area contributed by atoms with E-state index < -0.39 is 6.04 Å². The molecule has 78 valence electrons. The molecule has 0 aliphatic carbocycles. The summed E-state index contributed by atoms with van der Waals surface area (Å²) < 4.78 is 0. The van der Waals surface area contributed by atoms with Crippen LogP contribution in [0.15, 0.2) is 25.3 Å². The molecule has 0 aromatic heterocycles. The molecule has 0 heterocycles. The van der Waals surface area contributed by atoms with Gasteiger partial charge >= 0.3 is 0 Å². The highest BCUT2D eigenvalue weighted by molar-refractivity contribution is 5.87. The third-order valence-corrected chi connectivity index (χ3v) is 1.52. The van der Waals surface area contributed by atoms with Gasteiger partial charge in [0, 0.05) is 13.0 Å². The molecule has 0 rings (SSSR count). The first-order valence-corrected chi connectivity index (χ1v) is 4.40. The maximum atomic E-state index is 11.2. The lowest BCUT2D eigenvalue weighted by Gasteiger charge is -2.12. The van der Waals surface area contributed by atoms with Gasteiger partial charge in [0.2, 0.25) is 11.8 Å². The number of nitrogens with one attached hydrogen (secondary N) is 2. The van der Waals surface area contributed by atoms with Crippen LogP contribution in [-0.2, 0) is 9.59 Å². The predicted molar refractivity (Wildman–Crippen MR) is 55.6 cm³/mol. The number of carbonyl (C=O) groups excluding carboxylic acids is 2. The van der Waals surface area contributed by atoms with Gasteiger partial charge in [-0.05, 0) is 6.92 Å². The zero-order valence-corrected chi connectivity index (χ0v) is 8.38. The first-order chi connectivity index (χ1) is 6.61. The van der Waals surface area contributed by atoms with Crippen LogP contribution in [0.25, 0.3) is 0 Å². The van der Waals surface area contributed by atoms with Crippen LogP contribution >= 0.6 is 0 Å². The molecule has 0 bridgehead atoms. The Kier molecular flexibility index (Phi) is 6.11. The Morgan fingerprint density at radius 2 is 2.00 bits per heavy atom. The van der Waals surface area contributed by atoms with E-state index in [0.717, 1.165) is 0 Å². The first-order valence-electron chi connectivity index (χ1n) is 4.40. The molecule has 2 N–H and O–H groups in total. The molecule has 0 aromatic carbocycles. The molecule has 0 aliphatic rings. The highest BCUT2D eigenvalue weighted by Gasteiger charge is 2.13. The SMILES string of the molecule is C=CCNC(=O)[C@H](C)NC(=O)CC=C. The number of amides is 2. The second kappa shape index (κ2) is 6.88. The number of hydrogen-bond donors (Lipinski definition) is 2. The summed E-state index contributed by atoms with van der Waals surface area (Å²) in [5.41, 5.74) is 0. The van der Waals surface area contributed by atoms with Crippen molar-refractivity contribution >= 4 is 11.8 Å². The fourth-order valence-corrected chi connectivity index (χ4v) is 0.823. The van der Waals surface area contributed by atoms with E-state index in [1.54, 1.807) is 13.0 Å². The van der Waals surface area contributed by atoms with E-state index in [0.29, 0.717) is 6.54 Å². The molecular formula is C10H16N2O2. The van der Waals surface area contributed by atoms with Crippen molar-refractivity contribution in [3.05, 3.63) is 25.3 Å². The van der Waals surface area contributed by atoms with E-state index in [-0.39, 0.29) is 18.2 Å². The van der Waals surface area contributed by atoms with E-state index in [9.17, 15) is 9.59 Å². The fourth-order valence-electron chi connectivity index (χ4n) is 0.823. The van der Waals surface area contributed by atoms with Crippen LogP contribution in [0.2, 0.25) is 0 Å². The van der Waals surface area contributed by atoms with Crippen LogP contribution < -0.4 is 10.6 Å². The van der Waals surface area contributed by atoms with E-state index in [4.69, 9.17) is 0 Å². The summed E-state index contributed by atoms with van der Waals surface area (Å²) in [5, 5.41) is 5.11. The highest BCUT2D eigenvalue weighted by atomic mass is 16.2. The van der Waals surface area contributed by atoms with Gasteiger partial charge in [-0.25, -0.2) is 0 Å². The average molecular weight is 196 g/mol. The fraction of sp³-hybridized carbons (Fsp3) is 0.400. The summed E-state index contributed by atoms with van der Waals surface area (Å²) in [5.74, 6) is -0.427. The molecule has 4 nitrogen and oxygen atoms in total. The Labute approximate surface area is 84.1 Å². The van der Waals surface area contributed by atoms with Gasteiger partial charge in [0.1, 0.15) is 6.04 Å². The monoisotopic (exact) mass is 196 g/mol. The van der Waals surface area contributed by atoms with Crippen LogP contribution in [-0.4, -0.2) is 24.4 Å². The number of hydrogen-bond acceptors (Lipinski definition) is 2. The van der Waals surface area contributed by atoms with Crippen molar-refractivity contribution in [1.29, 1.82) is 0 Å². The van der Waals surface area contributed by atoms with E-state index in [1.807, 2.05) is 0 Å². The minimum Gasteiger partial charge on any atom is -0.351 e. The number of rotatable bonds is 6. The Hall–Kier alpha value is -1.58. The van der Waals surface area contributed by atoms with Crippen LogP contribution in [0.5, 0.6) is 0 Å². The van der Waals surface area contributed by atoms with E-state index in [1.165, 1.54) is 6.08 Å². The van der Waals surface area contributed by atoms with Crippen molar-refractivity contribution in [1.82, 2.24) is 10.6 Å². The molecule has 0 fully saturated rings. The lowest BCUT2D eigenvalue weighted by molar-refractivity contribution is -0.128. The van der Waals surface area contributed by atoms with Gasteiger partial charge in [0.15, 0.2) is 0 Å². The predicted octanol–water partition coefficient (Wildman–Crippen LogP) is 0.369. The molecule has 0 unspecified atom stereocenters. The van der Waals surface area contributed by atoms with Gasteiger partial charge in [0.25, 0.3) is 0 Å². The quantitative estimate of drug-likeness (QED) is 0.603. The number of carbonyl (C=O) groups is 2. The normalized spacial score (nSPS) is 11.2. The lowest BCUT2D eigenvalue weighted by Crippen LogP contribution is -2.44. The zero-order valence-electron chi connectivity index (χ0n) is 8.38. The molecule has 0 spiro atoms. The highest BCUT2D eigenvalue weighted by Crippen LogP contribution is 1.86. The molecule has 0 radical (unpaired) electrons. The summed E-state index contributed by atoms with van der Waals surface area (Å²) in [6.45, 7) is 8.92. The summed E-state index contributed by atoms with van der Waals surface area (Å²) in [7, 11) is 0. The second-order valence-electron chi connectivity index (χ2n) is 2.82. The summed E-state index contributed by atoms with van der Waals surface area (Å²) >= 11 is 0. The zero-order chi connectivity index (χ0) is 11.0. The Morgan fingerprint density at radius 1 is 1.36 bits per heavy atom. The van der Waals surface area contributed by atoms with Crippen molar-refractivity contribution in [2.45, 2.75) is 19.4 Å². The minimum atomic E-state index is -0.526. The molecule has 0 aromatic rings. The summed E-state index contributed by atoms with van der Waals surface area (Å²) in [6, 6.07) is -0.526. The third kappa shape index (κ3) is 5.13. The third-order valence-electron chi connectivity index (χ3n) is 1.52. The van der Waals surface area contributed by atoms with Crippen molar-refractivity contribution in [2.75, 3.05) is 6.54 Å². The molecule has 0 saturated carbocycles. The van der Waals surface area contributed by atoms with Crippen LogP contribution in [0.3, 0.4) is 0 Å². The minimum absolute atomic E-state index is 0.207. The van der Waals surface area contributed by atoms with Gasteiger partial charge < -0.3 is 10.6 Å². The van der Waals surface area contributed by atoms with Crippen LogP contribution in [0.4, 0.5) is 0 Å². The largest absolute Gasteiger partial charge is 0.351 e. The lowest BCUT2D eigenvalue weighted by atomic mass is 10.3. The Balaban J connectivity index is 3.87. The van der Waals surface area contributed by atoms with Crippen LogP contribution in [0, 0.1) is 0 Å². The van der Waals surface area contributed by atoms with Crippen molar-refractivity contribution < 1.29 is 9.59 Å². The maximum Gasteiger partial charge on any atom is 0.242 e. The molecule has 4 heteroatoms. The van der Waals surface area contributed by atoms with Gasteiger partial charge in [0.05, 0.1) is 0 Å². The van der Waals surface area contributed by atoms with Gasteiger partial charge in [-0.15, -0.1) is 13.2 Å². The molecule has 14 heavy (non-hydrogen) atoms. The maximum absolute atomic E-state index is 11.2. The van der Waals surface area contributed by atoms with Crippen LogP contribution in [0.1, 0.15) is 13.3 Å². The van der Waals surface area contributed by atoms with Crippen molar-refractivity contribution in [3.63, 3.8) is 0 Å². The van der Waals surface area contributed by atoms with Gasteiger partial charge in [-0.2, -0.15) is 0 Å². The molecule has 2 amide bonds. The first kappa shape index (κ1) is 12.4. The van der Waals surface area contributed by atoms with E-state index in [2.05, 4.69) is 23.8 Å². The van der Waals surface area contributed by atoms with E-state index >= 15 is 0 Å². The Bertz CT molecular complexity index is 236. The van der Waals surface area contributed by atoms with Crippen molar-refractivity contribution in [3.8, 4) is 0 Å². The topological polar surface area (TPSA) is 58.2 Å². The van der Waals surface area contributed by atoms with Crippen molar-refractivity contribution in [2.24, 2.45) is 0 Å². The van der Waals surface area contributed by atoms with Gasteiger partial charge in [-0.1, -0.05) is 12.2 Å². The smallest absolute Gasteiger partial charge is 0.242 e. The summed E-state index contributed by atoms with van der Waals surface area (Å²) in [4.78, 5) is 22.3. The Morgan fingerprint density at radius 3 is 2.50 bits per heavy atom. The molecule has 0 aliphatic heterocycles.